The van der Waals surface area contributed by atoms with E-state index in [9.17, 15) is 4.79 Å². The second kappa shape index (κ2) is 11.1. The van der Waals surface area contributed by atoms with E-state index in [0.29, 0.717) is 16.6 Å². The molecule has 5 nitrogen and oxygen atoms in total. The highest BCUT2D eigenvalue weighted by Gasteiger charge is 2.13. The molecule has 1 heterocycles. The molecule has 178 valence electrons. The average molecular weight is 571 g/mol. The first-order valence-corrected chi connectivity index (χ1v) is 12.4. The van der Waals surface area contributed by atoms with E-state index in [1.54, 1.807) is 19.1 Å². The van der Waals surface area contributed by atoms with Gasteiger partial charge in [-0.15, -0.1) is 0 Å². The van der Waals surface area contributed by atoms with E-state index in [2.05, 4.69) is 25.8 Å². The van der Waals surface area contributed by atoms with Crippen molar-refractivity contribution in [2.75, 3.05) is 5.32 Å². The van der Waals surface area contributed by atoms with Crippen LogP contribution < -0.4 is 5.32 Å². The van der Waals surface area contributed by atoms with E-state index in [-0.39, 0.29) is 0 Å². The van der Waals surface area contributed by atoms with Crippen LogP contribution in [-0.2, 0) is 11.3 Å². The maximum atomic E-state index is 11.1. The number of nitrogens with zero attached hydrogens (tertiary/aromatic N) is 2. The Bertz CT molecular complexity index is 1370. The van der Waals surface area contributed by atoms with Gasteiger partial charge in [0.2, 0.25) is 0 Å². The Morgan fingerprint density at radius 3 is 2.46 bits per heavy atom. The molecule has 1 unspecified atom stereocenters. The first-order valence-electron chi connectivity index (χ1n) is 10.8. The van der Waals surface area contributed by atoms with Crippen molar-refractivity contribution in [1.29, 1.82) is 0 Å². The second-order valence-corrected chi connectivity index (χ2v) is 9.78. The minimum absolute atomic E-state index is 0.536. The number of nitrogens with one attached hydrogen (secondary N) is 1. The molecule has 2 N–H and O–H groups in total. The van der Waals surface area contributed by atoms with Crippen molar-refractivity contribution in [2.24, 2.45) is 0 Å². The van der Waals surface area contributed by atoms with Crippen LogP contribution in [0.5, 0.6) is 0 Å². The highest BCUT2D eigenvalue weighted by molar-refractivity contribution is 9.10. The maximum Gasteiger partial charge on any atom is 0.325 e. The van der Waals surface area contributed by atoms with Crippen LogP contribution in [0.4, 0.5) is 5.69 Å². The SMILES string of the molecule is CC(Nc1ccc(Cn2cc(-c3ccc(Cl)cc3Cl)nc2/C=C/c2ccc(Br)cc2)cc1)C(=O)O. The number of rotatable bonds is 8. The number of anilines is 1. The third-order valence-electron chi connectivity index (χ3n) is 5.37. The Kier molecular flexibility index (Phi) is 7.96. The number of benzene rings is 3. The van der Waals surface area contributed by atoms with Crippen molar-refractivity contribution in [3.05, 3.63) is 104 Å². The number of carboxylic acid groups (broad SMARTS) is 1. The van der Waals surface area contributed by atoms with Crippen LogP contribution in [0, 0.1) is 0 Å². The maximum absolute atomic E-state index is 11.1. The fourth-order valence-corrected chi connectivity index (χ4v) is 4.25. The van der Waals surface area contributed by atoms with Crippen LogP contribution in [0.3, 0.4) is 0 Å². The molecule has 0 spiro atoms. The summed E-state index contributed by atoms with van der Waals surface area (Å²) in [6, 6.07) is 20.4. The molecule has 0 amide bonds. The molecule has 4 rings (SSSR count). The standard InChI is InChI=1S/C27H22BrCl2N3O2/c1-17(27(34)35)31-22-10-4-19(5-11-22)15-33-16-25(23-12-9-21(29)14-24(23)30)32-26(33)13-6-18-2-7-20(28)8-3-18/h2-14,16-17,31H,15H2,1H3,(H,34,35)/b13-6+. The van der Waals surface area contributed by atoms with Crippen LogP contribution in [-0.4, -0.2) is 26.7 Å². The van der Waals surface area contributed by atoms with Gasteiger partial charge in [0, 0.05) is 33.5 Å². The zero-order chi connectivity index (χ0) is 24.9. The number of hydrogen-bond donors (Lipinski definition) is 2. The zero-order valence-corrected chi connectivity index (χ0v) is 21.8. The van der Waals surface area contributed by atoms with Crippen LogP contribution >= 0.6 is 39.1 Å². The first kappa shape index (κ1) is 25.0. The molecule has 0 fully saturated rings. The summed E-state index contributed by atoms with van der Waals surface area (Å²) < 4.78 is 3.07. The van der Waals surface area contributed by atoms with Crippen molar-refractivity contribution in [1.82, 2.24) is 9.55 Å². The van der Waals surface area contributed by atoms with Crippen molar-refractivity contribution >= 4 is 62.9 Å². The van der Waals surface area contributed by atoms with Crippen molar-refractivity contribution in [3.8, 4) is 11.3 Å². The lowest BCUT2D eigenvalue weighted by Crippen LogP contribution is -2.25. The lowest BCUT2D eigenvalue weighted by molar-refractivity contribution is -0.137. The molecule has 1 aromatic heterocycles. The molecule has 0 radical (unpaired) electrons. The van der Waals surface area contributed by atoms with Crippen molar-refractivity contribution in [3.63, 3.8) is 0 Å². The zero-order valence-electron chi connectivity index (χ0n) is 18.8. The molecular formula is C27H22BrCl2N3O2. The van der Waals surface area contributed by atoms with Crippen molar-refractivity contribution in [2.45, 2.75) is 19.5 Å². The number of aliphatic carboxylic acids is 1. The summed E-state index contributed by atoms with van der Waals surface area (Å²) in [6.07, 6.45) is 5.95. The smallest absolute Gasteiger partial charge is 0.325 e. The Hall–Kier alpha value is -3.06. The molecule has 1 atom stereocenters. The molecule has 8 heteroatoms. The van der Waals surface area contributed by atoms with Gasteiger partial charge in [-0.2, -0.15) is 0 Å². The fraction of sp³-hybridized carbons (Fsp3) is 0.111. The Balaban J connectivity index is 1.64. The van der Waals surface area contributed by atoms with E-state index in [4.69, 9.17) is 33.3 Å². The molecule has 0 saturated carbocycles. The lowest BCUT2D eigenvalue weighted by atomic mass is 10.1. The Morgan fingerprint density at radius 1 is 1.09 bits per heavy atom. The van der Waals surface area contributed by atoms with E-state index >= 15 is 0 Å². The lowest BCUT2D eigenvalue weighted by Gasteiger charge is -2.11. The molecule has 0 aliphatic heterocycles. The average Bonchev–Trinajstić information content (AvgIpc) is 3.22. The summed E-state index contributed by atoms with van der Waals surface area (Å²) in [5.41, 5.74) is 4.39. The fourth-order valence-electron chi connectivity index (χ4n) is 3.48. The summed E-state index contributed by atoms with van der Waals surface area (Å²) >= 11 is 16.0. The molecular weight excluding hydrogens is 549 g/mol. The van der Waals surface area contributed by atoms with Gasteiger partial charge >= 0.3 is 5.97 Å². The van der Waals surface area contributed by atoms with Gasteiger partial charge in [0.25, 0.3) is 0 Å². The highest BCUT2D eigenvalue weighted by Crippen LogP contribution is 2.30. The second-order valence-electron chi connectivity index (χ2n) is 8.02. The molecule has 3 aromatic carbocycles. The normalized spacial score (nSPS) is 12.1. The van der Waals surface area contributed by atoms with Crippen molar-refractivity contribution < 1.29 is 9.90 Å². The minimum atomic E-state index is -0.900. The first-order chi connectivity index (χ1) is 16.8. The summed E-state index contributed by atoms with van der Waals surface area (Å²) in [5, 5.41) is 13.2. The summed E-state index contributed by atoms with van der Waals surface area (Å²) in [7, 11) is 0. The summed E-state index contributed by atoms with van der Waals surface area (Å²) in [4.78, 5) is 15.9. The molecule has 0 aliphatic rings. The third-order valence-corrected chi connectivity index (χ3v) is 6.45. The van der Waals surface area contributed by atoms with Crippen LogP contribution in [0.2, 0.25) is 10.0 Å². The summed E-state index contributed by atoms with van der Waals surface area (Å²) in [6.45, 7) is 2.18. The van der Waals surface area contributed by atoms with E-state index in [1.165, 1.54) is 0 Å². The van der Waals surface area contributed by atoms with E-state index < -0.39 is 12.0 Å². The van der Waals surface area contributed by atoms with E-state index in [1.807, 2.05) is 72.9 Å². The largest absolute Gasteiger partial charge is 0.480 e. The van der Waals surface area contributed by atoms with Crippen LogP contribution in [0.25, 0.3) is 23.4 Å². The third kappa shape index (κ3) is 6.54. The number of carboxylic acids is 1. The topological polar surface area (TPSA) is 67.2 Å². The van der Waals surface area contributed by atoms with Gasteiger partial charge in [0.05, 0.1) is 10.7 Å². The number of aromatic nitrogens is 2. The van der Waals surface area contributed by atoms with Gasteiger partial charge in [0.1, 0.15) is 11.9 Å². The van der Waals surface area contributed by atoms with Gasteiger partial charge in [-0.3, -0.25) is 4.79 Å². The Morgan fingerprint density at radius 2 is 1.80 bits per heavy atom. The van der Waals surface area contributed by atoms with E-state index in [0.717, 1.165) is 38.4 Å². The highest BCUT2D eigenvalue weighted by atomic mass is 79.9. The van der Waals surface area contributed by atoms with Gasteiger partial charge < -0.3 is 15.0 Å². The predicted molar refractivity (Wildman–Crippen MR) is 147 cm³/mol. The number of halogens is 3. The monoisotopic (exact) mass is 569 g/mol. The predicted octanol–water partition coefficient (Wildman–Crippen LogP) is 7.72. The minimum Gasteiger partial charge on any atom is -0.480 e. The number of imidazole rings is 1. The van der Waals surface area contributed by atoms with Gasteiger partial charge in [-0.1, -0.05) is 69.5 Å². The van der Waals surface area contributed by atoms with Crippen LogP contribution in [0.1, 0.15) is 23.9 Å². The molecule has 4 aromatic rings. The van der Waals surface area contributed by atoms with Gasteiger partial charge in [-0.05, 0) is 66.6 Å². The Labute approximate surface area is 222 Å². The quantitative estimate of drug-likeness (QED) is 0.227. The number of carbonyl (C=O) groups is 1. The van der Waals surface area contributed by atoms with Crippen LogP contribution in [0.15, 0.2) is 77.4 Å². The van der Waals surface area contributed by atoms with Gasteiger partial charge in [0.15, 0.2) is 0 Å². The molecule has 0 bridgehead atoms. The molecule has 0 aliphatic carbocycles. The number of hydrogen-bond acceptors (Lipinski definition) is 3. The van der Waals surface area contributed by atoms with Gasteiger partial charge in [-0.25, -0.2) is 4.98 Å². The summed E-state index contributed by atoms with van der Waals surface area (Å²) in [5.74, 6) is -0.126. The molecule has 35 heavy (non-hydrogen) atoms. The molecule has 0 saturated heterocycles.